The summed E-state index contributed by atoms with van der Waals surface area (Å²) in [6.45, 7) is 2.28. The maximum atomic E-state index is 12.0. The van der Waals surface area contributed by atoms with E-state index in [-0.39, 0.29) is 29.5 Å². The van der Waals surface area contributed by atoms with Gasteiger partial charge in [0.15, 0.2) is 0 Å². The standard InChI is InChI=1S/C14H19N3O5/c18-12(11-3-1-2-4-21-11)15-5-9-6-17(7-9)13(19)10-8-22-14(20)16-10/h8-9,11H,1-7H2,(H,15,18)(H,16,20). The van der Waals surface area contributed by atoms with E-state index in [1.54, 1.807) is 4.90 Å². The zero-order valence-electron chi connectivity index (χ0n) is 12.2. The summed E-state index contributed by atoms with van der Waals surface area (Å²) in [6.07, 6.45) is 3.60. The van der Waals surface area contributed by atoms with Gasteiger partial charge in [-0.15, -0.1) is 0 Å². The predicted molar refractivity (Wildman–Crippen MR) is 75.3 cm³/mol. The van der Waals surface area contributed by atoms with Crippen LogP contribution in [0.1, 0.15) is 29.8 Å². The van der Waals surface area contributed by atoms with Crippen molar-refractivity contribution in [3.63, 3.8) is 0 Å². The molecule has 8 nitrogen and oxygen atoms in total. The number of oxazole rings is 1. The third kappa shape index (κ3) is 3.22. The third-order valence-corrected chi connectivity index (χ3v) is 4.03. The van der Waals surface area contributed by atoms with Gasteiger partial charge in [-0.3, -0.25) is 14.6 Å². The number of likely N-dealkylation sites (tertiary alicyclic amines) is 1. The molecule has 1 aromatic rings. The van der Waals surface area contributed by atoms with Crippen molar-refractivity contribution in [2.24, 2.45) is 5.92 Å². The second-order valence-corrected chi connectivity index (χ2v) is 5.74. The molecule has 2 amide bonds. The second-order valence-electron chi connectivity index (χ2n) is 5.74. The Hall–Kier alpha value is -2.09. The van der Waals surface area contributed by atoms with Gasteiger partial charge in [0.25, 0.3) is 5.91 Å². The van der Waals surface area contributed by atoms with Crippen LogP contribution in [0.5, 0.6) is 0 Å². The highest BCUT2D eigenvalue weighted by Crippen LogP contribution is 2.18. The highest BCUT2D eigenvalue weighted by molar-refractivity contribution is 5.92. The van der Waals surface area contributed by atoms with E-state index in [1.165, 1.54) is 0 Å². The van der Waals surface area contributed by atoms with Gasteiger partial charge in [-0.25, -0.2) is 4.79 Å². The van der Waals surface area contributed by atoms with Crippen molar-refractivity contribution < 1.29 is 18.7 Å². The molecule has 3 rings (SSSR count). The Kier molecular flexibility index (Phi) is 4.28. The molecular formula is C14H19N3O5. The first-order chi connectivity index (χ1) is 10.6. The molecule has 0 radical (unpaired) electrons. The Labute approximate surface area is 126 Å². The molecule has 120 valence electrons. The quantitative estimate of drug-likeness (QED) is 0.796. The fourth-order valence-corrected chi connectivity index (χ4v) is 2.73. The molecule has 2 aliphatic rings. The van der Waals surface area contributed by atoms with E-state index >= 15 is 0 Å². The van der Waals surface area contributed by atoms with Crippen LogP contribution in [0.4, 0.5) is 0 Å². The number of hydrogen-bond donors (Lipinski definition) is 2. The lowest BCUT2D eigenvalue weighted by atomic mass is 9.99. The van der Waals surface area contributed by atoms with Crippen LogP contribution in [0.15, 0.2) is 15.5 Å². The van der Waals surface area contributed by atoms with Crippen molar-refractivity contribution >= 4 is 11.8 Å². The summed E-state index contributed by atoms with van der Waals surface area (Å²) in [5, 5.41) is 2.88. The van der Waals surface area contributed by atoms with Crippen LogP contribution in [0.2, 0.25) is 0 Å². The number of aromatic amines is 1. The first-order valence-corrected chi connectivity index (χ1v) is 7.50. The SMILES string of the molecule is O=C(NCC1CN(C(=O)c2coc(=O)[nH]2)C1)C1CCCCO1. The molecule has 2 saturated heterocycles. The Morgan fingerprint density at radius 1 is 1.36 bits per heavy atom. The fourth-order valence-electron chi connectivity index (χ4n) is 2.73. The van der Waals surface area contributed by atoms with Gasteiger partial charge in [-0.1, -0.05) is 0 Å². The first-order valence-electron chi connectivity index (χ1n) is 7.50. The number of amides is 2. The van der Waals surface area contributed by atoms with Crippen LogP contribution in [0.25, 0.3) is 0 Å². The minimum absolute atomic E-state index is 0.0661. The Bertz CT molecular complexity index is 596. The van der Waals surface area contributed by atoms with E-state index in [9.17, 15) is 14.4 Å². The minimum atomic E-state index is -0.639. The summed E-state index contributed by atoms with van der Waals surface area (Å²) in [7, 11) is 0. The highest BCUT2D eigenvalue weighted by Gasteiger charge is 2.33. The zero-order valence-corrected chi connectivity index (χ0v) is 12.2. The lowest BCUT2D eigenvalue weighted by molar-refractivity contribution is -0.135. The summed E-state index contributed by atoms with van der Waals surface area (Å²) < 4.78 is 9.97. The summed E-state index contributed by atoms with van der Waals surface area (Å²) in [5.74, 6) is -0.733. The number of nitrogens with one attached hydrogen (secondary N) is 2. The van der Waals surface area contributed by atoms with Gasteiger partial charge >= 0.3 is 5.76 Å². The Morgan fingerprint density at radius 3 is 2.82 bits per heavy atom. The van der Waals surface area contributed by atoms with Crippen LogP contribution < -0.4 is 11.1 Å². The van der Waals surface area contributed by atoms with E-state index < -0.39 is 5.76 Å². The predicted octanol–water partition coefficient (Wildman–Crippen LogP) is -0.275. The Balaban J connectivity index is 1.39. The summed E-state index contributed by atoms with van der Waals surface area (Å²) in [5.41, 5.74) is 0.156. The monoisotopic (exact) mass is 309 g/mol. The van der Waals surface area contributed by atoms with E-state index in [1.807, 2.05) is 0 Å². The molecule has 0 aromatic carbocycles. The molecule has 1 unspecified atom stereocenters. The fraction of sp³-hybridized carbons (Fsp3) is 0.643. The molecule has 2 fully saturated rings. The summed E-state index contributed by atoms with van der Waals surface area (Å²) in [4.78, 5) is 38.7. The number of ether oxygens (including phenoxy) is 1. The average Bonchev–Trinajstić information content (AvgIpc) is 2.92. The number of H-pyrrole nitrogens is 1. The van der Waals surface area contributed by atoms with Crippen molar-refractivity contribution in [3.05, 3.63) is 22.5 Å². The lowest BCUT2D eigenvalue weighted by Crippen LogP contribution is -2.54. The maximum Gasteiger partial charge on any atom is 0.416 e. The van der Waals surface area contributed by atoms with E-state index in [2.05, 4.69) is 14.7 Å². The van der Waals surface area contributed by atoms with Gasteiger partial charge in [-0.2, -0.15) is 0 Å². The van der Waals surface area contributed by atoms with Crippen LogP contribution in [-0.2, 0) is 9.53 Å². The molecule has 8 heteroatoms. The molecule has 2 N–H and O–H groups in total. The molecule has 0 saturated carbocycles. The summed E-state index contributed by atoms with van der Waals surface area (Å²) >= 11 is 0. The van der Waals surface area contributed by atoms with Crippen molar-refractivity contribution in [2.75, 3.05) is 26.2 Å². The molecule has 1 aromatic heterocycles. The second kappa shape index (κ2) is 6.35. The highest BCUT2D eigenvalue weighted by atomic mass is 16.5. The number of carbonyl (C=O) groups is 2. The van der Waals surface area contributed by atoms with Crippen molar-refractivity contribution in [2.45, 2.75) is 25.4 Å². The van der Waals surface area contributed by atoms with Gasteiger partial charge < -0.3 is 19.4 Å². The average molecular weight is 309 g/mol. The van der Waals surface area contributed by atoms with Crippen LogP contribution >= 0.6 is 0 Å². The number of carbonyl (C=O) groups excluding carboxylic acids is 2. The van der Waals surface area contributed by atoms with E-state index in [4.69, 9.17) is 4.74 Å². The van der Waals surface area contributed by atoms with E-state index in [0.717, 1.165) is 25.5 Å². The normalized spacial score (nSPS) is 22.2. The molecule has 0 aliphatic carbocycles. The van der Waals surface area contributed by atoms with Crippen molar-refractivity contribution in [1.29, 1.82) is 0 Å². The van der Waals surface area contributed by atoms with Gasteiger partial charge in [0.2, 0.25) is 5.91 Å². The third-order valence-electron chi connectivity index (χ3n) is 4.03. The molecule has 22 heavy (non-hydrogen) atoms. The molecule has 1 atom stereocenters. The maximum absolute atomic E-state index is 12.0. The number of aromatic nitrogens is 1. The van der Waals surface area contributed by atoms with E-state index in [0.29, 0.717) is 26.2 Å². The molecule has 3 heterocycles. The van der Waals surface area contributed by atoms with Crippen LogP contribution in [0.3, 0.4) is 0 Å². The largest absolute Gasteiger partial charge is 0.416 e. The molecule has 0 bridgehead atoms. The van der Waals surface area contributed by atoms with Gasteiger partial charge in [0, 0.05) is 32.2 Å². The van der Waals surface area contributed by atoms with Gasteiger partial charge in [0.05, 0.1) is 0 Å². The molecule has 0 spiro atoms. The smallest absolute Gasteiger partial charge is 0.416 e. The number of nitrogens with zero attached hydrogens (tertiary/aromatic N) is 1. The molecule has 2 aliphatic heterocycles. The zero-order chi connectivity index (χ0) is 15.5. The van der Waals surface area contributed by atoms with Gasteiger partial charge in [-0.05, 0) is 19.3 Å². The van der Waals surface area contributed by atoms with Crippen molar-refractivity contribution in [1.82, 2.24) is 15.2 Å². The minimum Gasteiger partial charge on any atom is -0.416 e. The van der Waals surface area contributed by atoms with Gasteiger partial charge in [0.1, 0.15) is 18.1 Å². The first kappa shape index (κ1) is 14.8. The summed E-state index contributed by atoms with van der Waals surface area (Å²) in [6, 6.07) is 0. The number of rotatable bonds is 4. The van der Waals surface area contributed by atoms with Crippen molar-refractivity contribution in [3.8, 4) is 0 Å². The topological polar surface area (TPSA) is 105 Å². The lowest BCUT2D eigenvalue weighted by Gasteiger charge is -2.39. The number of hydrogen-bond acceptors (Lipinski definition) is 5. The molecular weight excluding hydrogens is 290 g/mol. The van der Waals surface area contributed by atoms with Crippen LogP contribution in [-0.4, -0.2) is 54.0 Å². The Morgan fingerprint density at radius 2 is 2.18 bits per heavy atom. The van der Waals surface area contributed by atoms with Crippen LogP contribution in [0, 0.1) is 5.92 Å².